The fourth-order valence-corrected chi connectivity index (χ4v) is 2.29. The van der Waals surface area contributed by atoms with Crippen molar-refractivity contribution >= 4 is 33.0 Å². The van der Waals surface area contributed by atoms with Crippen molar-refractivity contribution in [2.45, 2.75) is 19.3 Å². The van der Waals surface area contributed by atoms with Crippen molar-refractivity contribution in [2.75, 3.05) is 12.4 Å². The standard InChI is InChI=1S/C10H14BrNOS/c1-13-12-9(5-2-3-7-11)10-6-4-8-14-10/h4,6,8H,2-3,5,7H2,1H3. The number of thiophene rings is 1. The van der Waals surface area contributed by atoms with Crippen LogP contribution >= 0.6 is 27.3 Å². The first-order valence-corrected chi connectivity index (χ1v) is 6.58. The molecule has 0 bridgehead atoms. The van der Waals surface area contributed by atoms with Crippen molar-refractivity contribution < 1.29 is 4.84 Å². The fraction of sp³-hybridized carbons (Fsp3) is 0.500. The lowest BCUT2D eigenvalue weighted by atomic mass is 10.1. The van der Waals surface area contributed by atoms with E-state index in [0.29, 0.717) is 0 Å². The third-order valence-corrected chi connectivity index (χ3v) is 3.28. The van der Waals surface area contributed by atoms with Crippen molar-refractivity contribution in [3.05, 3.63) is 22.4 Å². The van der Waals surface area contributed by atoms with Gasteiger partial charge in [0.25, 0.3) is 0 Å². The minimum absolute atomic E-state index is 0.986. The highest BCUT2D eigenvalue weighted by atomic mass is 79.9. The molecule has 1 heterocycles. The number of nitrogens with zero attached hydrogens (tertiary/aromatic N) is 1. The van der Waals surface area contributed by atoms with Gasteiger partial charge in [-0.3, -0.25) is 0 Å². The summed E-state index contributed by atoms with van der Waals surface area (Å²) in [7, 11) is 1.60. The lowest BCUT2D eigenvalue weighted by Crippen LogP contribution is -1.99. The molecule has 0 fully saturated rings. The van der Waals surface area contributed by atoms with E-state index < -0.39 is 0 Å². The first-order valence-electron chi connectivity index (χ1n) is 4.58. The minimum Gasteiger partial charge on any atom is -0.399 e. The average molecular weight is 276 g/mol. The van der Waals surface area contributed by atoms with Crippen LogP contribution in [0.5, 0.6) is 0 Å². The van der Waals surface area contributed by atoms with Gasteiger partial charge in [-0.05, 0) is 30.7 Å². The van der Waals surface area contributed by atoms with Crippen LogP contribution in [0.1, 0.15) is 24.1 Å². The number of hydrogen-bond acceptors (Lipinski definition) is 3. The summed E-state index contributed by atoms with van der Waals surface area (Å²) in [6.07, 6.45) is 3.30. The van der Waals surface area contributed by atoms with Gasteiger partial charge in [-0.25, -0.2) is 0 Å². The highest BCUT2D eigenvalue weighted by molar-refractivity contribution is 9.09. The third kappa shape index (κ3) is 3.80. The van der Waals surface area contributed by atoms with Gasteiger partial charge in [0, 0.05) is 5.33 Å². The number of hydrogen-bond donors (Lipinski definition) is 0. The molecule has 0 spiro atoms. The van der Waals surface area contributed by atoms with Crippen LogP contribution in [0, 0.1) is 0 Å². The zero-order chi connectivity index (χ0) is 10.2. The molecule has 0 aliphatic rings. The smallest absolute Gasteiger partial charge is 0.106 e. The van der Waals surface area contributed by atoms with Crippen LogP contribution in [0.25, 0.3) is 0 Å². The lowest BCUT2D eigenvalue weighted by Gasteiger charge is -2.01. The van der Waals surface area contributed by atoms with Crippen molar-refractivity contribution in [1.82, 2.24) is 0 Å². The summed E-state index contributed by atoms with van der Waals surface area (Å²) in [4.78, 5) is 6.05. The summed E-state index contributed by atoms with van der Waals surface area (Å²) in [5.41, 5.74) is 1.06. The molecular weight excluding hydrogens is 262 g/mol. The molecule has 1 aromatic heterocycles. The molecule has 0 aromatic carbocycles. The topological polar surface area (TPSA) is 21.6 Å². The monoisotopic (exact) mass is 275 g/mol. The molecule has 0 saturated carbocycles. The van der Waals surface area contributed by atoms with E-state index in [0.717, 1.165) is 23.9 Å². The lowest BCUT2D eigenvalue weighted by molar-refractivity contribution is 0.213. The molecular formula is C10H14BrNOS. The van der Waals surface area contributed by atoms with E-state index in [1.807, 2.05) is 6.07 Å². The summed E-state index contributed by atoms with van der Waals surface area (Å²) in [5.74, 6) is 0. The Labute approximate surface area is 97.1 Å². The largest absolute Gasteiger partial charge is 0.399 e. The Hall–Kier alpha value is -0.350. The van der Waals surface area contributed by atoms with Crippen LogP contribution < -0.4 is 0 Å². The van der Waals surface area contributed by atoms with Gasteiger partial charge in [-0.15, -0.1) is 11.3 Å². The summed E-state index contributed by atoms with van der Waals surface area (Å²) in [6.45, 7) is 0. The summed E-state index contributed by atoms with van der Waals surface area (Å²) in [6, 6.07) is 4.12. The van der Waals surface area contributed by atoms with E-state index in [2.05, 4.69) is 32.5 Å². The normalized spacial score (nSPS) is 11.7. The highest BCUT2D eigenvalue weighted by Crippen LogP contribution is 2.14. The van der Waals surface area contributed by atoms with E-state index in [1.165, 1.54) is 11.3 Å². The zero-order valence-corrected chi connectivity index (χ0v) is 10.6. The Morgan fingerprint density at radius 2 is 2.43 bits per heavy atom. The molecule has 0 N–H and O–H groups in total. The van der Waals surface area contributed by atoms with E-state index in [-0.39, 0.29) is 0 Å². The van der Waals surface area contributed by atoms with Gasteiger partial charge >= 0.3 is 0 Å². The van der Waals surface area contributed by atoms with Crippen molar-refractivity contribution in [2.24, 2.45) is 5.16 Å². The molecule has 0 unspecified atom stereocenters. The molecule has 0 saturated heterocycles. The first-order chi connectivity index (χ1) is 6.88. The van der Waals surface area contributed by atoms with Gasteiger partial charge in [0.2, 0.25) is 0 Å². The van der Waals surface area contributed by atoms with Crippen LogP contribution in [0.3, 0.4) is 0 Å². The van der Waals surface area contributed by atoms with Crippen molar-refractivity contribution in [3.63, 3.8) is 0 Å². The molecule has 4 heteroatoms. The van der Waals surface area contributed by atoms with Crippen LogP contribution in [-0.2, 0) is 4.84 Å². The predicted octanol–water partition coefficient (Wildman–Crippen LogP) is 3.66. The number of unbranched alkanes of at least 4 members (excludes halogenated alkanes) is 1. The molecule has 1 rings (SSSR count). The van der Waals surface area contributed by atoms with Crippen molar-refractivity contribution in [3.8, 4) is 0 Å². The molecule has 14 heavy (non-hydrogen) atoms. The SMILES string of the molecule is CON=C(CCCCBr)c1cccs1. The van der Waals surface area contributed by atoms with E-state index in [4.69, 9.17) is 4.84 Å². The Kier molecular flexibility index (Phi) is 5.87. The second-order valence-electron chi connectivity index (χ2n) is 2.84. The summed E-state index contributed by atoms with van der Waals surface area (Å²) in [5, 5.41) is 7.16. The molecule has 78 valence electrons. The Balaban J connectivity index is 2.53. The number of halogens is 1. The number of alkyl halides is 1. The predicted molar refractivity (Wildman–Crippen MR) is 65.5 cm³/mol. The fourth-order valence-electron chi connectivity index (χ4n) is 1.15. The average Bonchev–Trinajstić information content (AvgIpc) is 2.70. The molecule has 0 radical (unpaired) electrons. The van der Waals surface area contributed by atoms with Gasteiger partial charge in [-0.1, -0.05) is 27.2 Å². The molecule has 0 amide bonds. The zero-order valence-electron chi connectivity index (χ0n) is 8.20. The van der Waals surface area contributed by atoms with Crippen LogP contribution in [0.15, 0.2) is 22.7 Å². The van der Waals surface area contributed by atoms with E-state index in [9.17, 15) is 0 Å². The maximum Gasteiger partial charge on any atom is 0.106 e. The van der Waals surface area contributed by atoms with Gasteiger partial charge in [0.1, 0.15) is 7.11 Å². The van der Waals surface area contributed by atoms with Gasteiger partial charge in [0.15, 0.2) is 0 Å². The number of oxime groups is 1. The van der Waals surface area contributed by atoms with Crippen LogP contribution in [-0.4, -0.2) is 18.2 Å². The van der Waals surface area contributed by atoms with Gasteiger partial charge < -0.3 is 4.84 Å². The molecule has 0 atom stereocenters. The van der Waals surface area contributed by atoms with Crippen molar-refractivity contribution in [1.29, 1.82) is 0 Å². The second-order valence-corrected chi connectivity index (χ2v) is 4.58. The maximum atomic E-state index is 4.84. The molecule has 0 aliphatic heterocycles. The minimum atomic E-state index is 0.986. The van der Waals surface area contributed by atoms with Gasteiger partial charge in [-0.2, -0.15) is 0 Å². The third-order valence-electron chi connectivity index (χ3n) is 1.80. The van der Waals surface area contributed by atoms with E-state index in [1.54, 1.807) is 18.4 Å². The maximum absolute atomic E-state index is 4.84. The summed E-state index contributed by atoms with van der Waals surface area (Å²) < 4.78 is 0. The first kappa shape index (κ1) is 11.7. The quantitative estimate of drug-likeness (QED) is 0.336. The molecule has 1 aromatic rings. The molecule has 0 aliphatic carbocycles. The Morgan fingerprint density at radius 3 is 3.00 bits per heavy atom. The second kappa shape index (κ2) is 7.01. The van der Waals surface area contributed by atoms with Gasteiger partial charge in [0.05, 0.1) is 10.6 Å². The Morgan fingerprint density at radius 1 is 1.57 bits per heavy atom. The molecule has 2 nitrogen and oxygen atoms in total. The van der Waals surface area contributed by atoms with Crippen LogP contribution in [0.2, 0.25) is 0 Å². The Bertz CT molecular complexity index is 272. The highest BCUT2D eigenvalue weighted by Gasteiger charge is 2.04. The number of rotatable bonds is 6. The van der Waals surface area contributed by atoms with Crippen LogP contribution in [0.4, 0.5) is 0 Å². The summed E-state index contributed by atoms with van der Waals surface area (Å²) >= 11 is 5.13. The van der Waals surface area contributed by atoms with E-state index >= 15 is 0 Å².